The van der Waals surface area contributed by atoms with Crippen molar-refractivity contribution < 1.29 is 31.1 Å². The number of rotatable bonds is 6. The molecule has 1 aromatic heterocycles. The number of carbonyl (C=O) groups excluding carboxylic acids is 1. The molecule has 1 aromatic carbocycles. The Morgan fingerprint density at radius 2 is 2.00 bits per heavy atom. The molecule has 1 fully saturated rings. The van der Waals surface area contributed by atoms with Gasteiger partial charge in [-0.3, -0.25) is 9.89 Å². The number of nitrogens with zero attached hydrogens (tertiary/aromatic N) is 2. The van der Waals surface area contributed by atoms with Gasteiger partial charge in [0.25, 0.3) is 12.3 Å². The van der Waals surface area contributed by atoms with Crippen LogP contribution in [-0.2, 0) is 19.4 Å². The van der Waals surface area contributed by atoms with Gasteiger partial charge in [-0.15, -0.1) is 0 Å². The predicted molar refractivity (Wildman–Crippen MR) is 87.4 cm³/mol. The summed E-state index contributed by atoms with van der Waals surface area (Å²) in [5, 5.41) is 5.38. The number of H-pyrrole nitrogens is 1. The van der Waals surface area contributed by atoms with Gasteiger partial charge in [-0.1, -0.05) is 17.7 Å². The smallest absolute Gasteiger partial charge is 0.331 e. The lowest BCUT2D eigenvalue weighted by Crippen LogP contribution is -2.34. The Hall–Kier alpha value is -2.52. The first-order valence-corrected chi connectivity index (χ1v) is 8.52. The minimum absolute atomic E-state index is 0.142. The Kier molecular flexibility index (Phi) is 5.40. The molecule has 28 heavy (non-hydrogen) atoms. The topological polar surface area (TPSA) is 49.0 Å². The Bertz CT molecular complexity index is 873. The summed E-state index contributed by atoms with van der Waals surface area (Å²) in [5.74, 6) is -0.950. The number of aromatic amines is 1. The zero-order valence-corrected chi connectivity index (χ0v) is 14.8. The maximum Gasteiger partial charge on any atom is 0.416 e. The van der Waals surface area contributed by atoms with Crippen molar-refractivity contribution in [2.24, 2.45) is 0 Å². The van der Waals surface area contributed by atoms with Crippen molar-refractivity contribution in [3.63, 3.8) is 0 Å². The predicted octanol–water partition coefficient (Wildman–Crippen LogP) is 4.95. The molecule has 0 bridgehead atoms. The Balaban J connectivity index is 2.00. The number of aromatic nitrogens is 2. The van der Waals surface area contributed by atoms with E-state index in [9.17, 15) is 31.1 Å². The Morgan fingerprint density at radius 3 is 2.54 bits per heavy atom. The van der Waals surface area contributed by atoms with E-state index in [2.05, 4.69) is 10.2 Å². The van der Waals surface area contributed by atoms with Crippen molar-refractivity contribution in [1.29, 1.82) is 0 Å². The highest BCUT2D eigenvalue weighted by Crippen LogP contribution is 2.37. The number of hydrogen-bond acceptors (Lipinski definition) is 2. The van der Waals surface area contributed by atoms with Gasteiger partial charge in [0, 0.05) is 12.6 Å². The molecule has 1 aliphatic carbocycles. The van der Waals surface area contributed by atoms with Crippen LogP contribution in [0, 0.1) is 6.92 Å². The summed E-state index contributed by atoms with van der Waals surface area (Å²) in [6, 6.07) is 3.16. The number of aryl methyl sites for hydroxylation is 1. The van der Waals surface area contributed by atoms with E-state index >= 15 is 0 Å². The summed E-state index contributed by atoms with van der Waals surface area (Å²) in [6.07, 6.45) is -6.69. The number of alkyl halides is 6. The van der Waals surface area contributed by atoms with Gasteiger partial charge in [0.05, 0.1) is 16.8 Å². The van der Waals surface area contributed by atoms with Crippen LogP contribution in [0.3, 0.4) is 0 Å². The molecule has 10 heteroatoms. The molecule has 1 N–H and O–H groups in total. The van der Waals surface area contributed by atoms with Crippen molar-refractivity contribution in [3.8, 4) is 0 Å². The van der Waals surface area contributed by atoms with Crippen molar-refractivity contribution >= 4 is 5.91 Å². The number of nitrogens with one attached hydrogen (secondary N) is 1. The molecule has 3 rings (SSSR count). The van der Waals surface area contributed by atoms with Crippen molar-refractivity contribution in [1.82, 2.24) is 15.1 Å². The van der Waals surface area contributed by atoms with Gasteiger partial charge in [-0.2, -0.15) is 18.3 Å². The van der Waals surface area contributed by atoms with Crippen LogP contribution < -0.4 is 0 Å². The van der Waals surface area contributed by atoms with E-state index in [1.807, 2.05) is 0 Å². The molecule has 0 spiro atoms. The fraction of sp³-hybridized carbons (Fsp3) is 0.444. The lowest BCUT2D eigenvalue weighted by Gasteiger charge is -2.25. The molecular formula is C18H17F6N3O. The van der Waals surface area contributed by atoms with Crippen LogP contribution in [-0.4, -0.2) is 27.0 Å². The standard InChI is InChI=1S/C18H17F6N3O/c1-9-2-5-12(18(22,23)24)10(6-9)8-27(11-3-4-11)17(28)14-13(7-19)25-26-15(14)16(20)21/h2,5-6,11,16H,3-4,7-8H2,1H3,(H,25,26). The Labute approximate surface area is 156 Å². The quantitative estimate of drug-likeness (QED) is 0.692. The van der Waals surface area contributed by atoms with E-state index in [0.29, 0.717) is 18.4 Å². The van der Waals surface area contributed by atoms with E-state index in [4.69, 9.17) is 0 Å². The summed E-state index contributed by atoms with van der Waals surface area (Å²) < 4.78 is 79.6. The number of halogens is 6. The van der Waals surface area contributed by atoms with Crippen molar-refractivity contribution in [2.75, 3.05) is 0 Å². The minimum atomic E-state index is -4.63. The third-order valence-corrected chi connectivity index (χ3v) is 4.58. The molecule has 1 amide bonds. The fourth-order valence-corrected chi connectivity index (χ4v) is 3.10. The summed E-state index contributed by atoms with van der Waals surface area (Å²) >= 11 is 0. The molecule has 1 saturated carbocycles. The monoisotopic (exact) mass is 405 g/mol. The van der Waals surface area contributed by atoms with Crippen molar-refractivity contribution in [2.45, 2.75) is 51.6 Å². The zero-order chi connectivity index (χ0) is 20.6. The second-order valence-corrected chi connectivity index (χ2v) is 6.72. The molecule has 2 aromatic rings. The van der Waals surface area contributed by atoms with Crippen LogP contribution in [0.2, 0.25) is 0 Å². The summed E-state index contributed by atoms with van der Waals surface area (Å²) in [6.45, 7) is -0.0315. The second-order valence-electron chi connectivity index (χ2n) is 6.72. The van der Waals surface area contributed by atoms with Gasteiger partial charge in [-0.05, 0) is 31.4 Å². The number of hydrogen-bond donors (Lipinski definition) is 1. The highest BCUT2D eigenvalue weighted by molar-refractivity contribution is 5.97. The van der Waals surface area contributed by atoms with E-state index in [1.54, 1.807) is 6.92 Å². The van der Waals surface area contributed by atoms with Gasteiger partial charge in [0.1, 0.15) is 12.4 Å². The lowest BCUT2D eigenvalue weighted by molar-refractivity contribution is -0.138. The maximum atomic E-state index is 13.3. The van der Waals surface area contributed by atoms with Crippen molar-refractivity contribution in [3.05, 3.63) is 51.8 Å². The average molecular weight is 405 g/mol. The molecule has 0 aliphatic heterocycles. The molecule has 1 heterocycles. The summed E-state index contributed by atoms with van der Waals surface area (Å²) in [7, 11) is 0. The minimum Gasteiger partial charge on any atom is -0.331 e. The molecule has 0 unspecified atom stereocenters. The van der Waals surface area contributed by atoms with E-state index in [-0.39, 0.29) is 11.6 Å². The SMILES string of the molecule is Cc1ccc(C(F)(F)F)c(CN(C(=O)c2c(C(F)F)n[nH]c2CF)C2CC2)c1. The summed E-state index contributed by atoms with van der Waals surface area (Å²) in [5.41, 5.74) is -2.40. The normalized spacial score (nSPS) is 14.6. The molecule has 0 radical (unpaired) electrons. The molecule has 0 atom stereocenters. The van der Waals surface area contributed by atoms with E-state index in [0.717, 1.165) is 11.0 Å². The summed E-state index contributed by atoms with van der Waals surface area (Å²) in [4.78, 5) is 14.0. The van der Waals surface area contributed by atoms with Crippen LogP contribution >= 0.6 is 0 Å². The lowest BCUT2D eigenvalue weighted by atomic mass is 10.0. The van der Waals surface area contributed by atoms with Crippen LogP contribution in [0.5, 0.6) is 0 Å². The molecular weight excluding hydrogens is 388 g/mol. The van der Waals surface area contributed by atoms with Crippen LogP contribution in [0.1, 0.15) is 57.7 Å². The van der Waals surface area contributed by atoms with Gasteiger partial charge < -0.3 is 4.90 Å². The molecule has 0 saturated heterocycles. The first kappa shape index (κ1) is 20.2. The fourth-order valence-electron chi connectivity index (χ4n) is 3.10. The average Bonchev–Trinajstić information content (AvgIpc) is 3.35. The van der Waals surface area contributed by atoms with Gasteiger partial charge in [-0.25, -0.2) is 13.2 Å². The van der Waals surface area contributed by atoms with Crippen LogP contribution in [0.25, 0.3) is 0 Å². The van der Waals surface area contributed by atoms with E-state index in [1.165, 1.54) is 12.1 Å². The van der Waals surface area contributed by atoms with Gasteiger partial charge in [0.15, 0.2) is 0 Å². The van der Waals surface area contributed by atoms with Gasteiger partial charge >= 0.3 is 6.18 Å². The first-order valence-electron chi connectivity index (χ1n) is 8.52. The zero-order valence-electron chi connectivity index (χ0n) is 14.8. The Morgan fingerprint density at radius 1 is 1.32 bits per heavy atom. The largest absolute Gasteiger partial charge is 0.416 e. The number of amides is 1. The van der Waals surface area contributed by atoms with Gasteiger partial charge in [0.2, 0.25) is 0 Å². The van der Waals surface area contributed by atoms with Crippen LogP contribution in [0.4, 0.5) is 26.3 Å². The molecule has 152 valence electrons. The van der Waals surface area contributed by atoms with E-state index < -0.39 is 54.2 Å². The van der Waals surface area contributed by atoms with Crippen LogP contribution in [0.15, 0.2) is 18.2 Å². The molecule has 1 aliphatic rings. The number of carbonyl (C=O) groups is 1. The second kappa shape index (κ2) is 7.48. The number of benzene rings is 1. The first-order chi connectivity index (χ1) is 13.1. The maximum absolute atomic E-state index is 13.3. The highest BCUT2D eigenvalue weighted by atomic mass is 19.4. The third-order valence-electron chi connectivity index (χ3n) is 4.58. The highest BCUT2D eigenvalue weighted by Gasteiger charge is 2.39. The molecule has 4 nitrogen and oxygen atoms in total. The third kappa shape index (κ3) is 4.00.